The van der Waals surface area contributed by atoms with Crippen LogP contribution in [-0.2, 0) is 0 Å². The Balaban J connectivity index is 2.03. The summed E-state index contributed by atoms with van der Waals surface area (Å²) in [6.45, 7) is 0. The van der Waals surface area contributed by atoms with Crippen molar-refractivity contribution in [3.63, 3.8) is 0 Å². The number of nitrogens with one attached hydrogen (secondary N) is 1. The summed E-state index contributed by atoms with van der Waals surface area (Å²) in [4.78, 5) is 36.2. The molecule has 0 atom stereocenters. The largest absolute Gasteiger partial charge is 0.586 e. The van der Waals surface area contributed by atoms with E-state index in [0.29, 0.717) is 0 Å². The highest BCUT2D eigenvalue weighted by atomic mass is 79.9. The molecule has 1 aromatic carbocycles. The normalized spacial score (nSPS) is 16.6. The predicted octanol–water partition coefficient (Wildman–Crippen LogP) is 2.15. The van der Waals surface area contributed by atoms with E-state index < -0.39 is 23.7 Å². The first-order valence-electron chi connectivity index (χ1n) is 6.80. The van der Waals surface area contributed by atoms with Crippen molar-refractivity contribution in [3.8, 4) is 17.2 Å². The maximum absolute atomic E-state index is 13.4. The molecular formula is C14H5Br2F2N3O5. The second-order valence-corrected chi connectivity index (χ2v) is 6.94. The predicted molar refractivity (Wildman–Crippen MR) is 89.9 cm³/mol. The molecule has 0 saturated heterocycles. The van der Waals surface area contributed by atoms with Crippen LogP contribution in [0, 0.1) is 0 Å². The number of halogens is 4. The summed E-state index contributed by atoms with van der Waals surface area (Å²) in [6.07, 6.45) is -3.87. The number of aromatic nitrogens is 1. The second kappa shape index (κ2) is 5.27. The van der Waals surface area contributed by atoms with Gasteiger partial charge in [-0.1, -0.05) is 0 Å². The molecule has 3 heterocycles. The van der Waals surface area contributed by atoms with Crippen molar-refractivity contribution in [2.45, 2.75) is 6.29 Å². The van der Waals surface area contributed by atoms with Gasteiger partial charge in [-0.2, -0.15) is 0 Å². The standard InChI is InChI=1S/C14H5Br2F2N3O5/c15-4-2-5-10(26-14(17,18)25-5)8(16)9(4)21-6(22)1-3-7(11(21)19)13(24)20-12(3)23/h1-2H,19H2,(H,20,23,24). The van der Waals surface area contributed by atoms with Crippen molar-refractivity contribution in [3.05, 3.63) is 42.6 Å². The van der Waals surface area contributed by atoms with Gasteiger partial charge in [-0.3, -0.25) is 24.3 Å². The molecule has 2 aliphatic rings. The number of carbonyl (C=O) groups excluding carboxylic acids is 2. The number of fused-ring (bicyclic) bond motifs is 2. The third-order valence-electron chi connectivity index (χ3n) is 3.74. The van der Waals surface area contributed by atoms with E-state index in [1.54, 1.807) is 0 Å². The molecule has 0 bridgehead atoms. The van der Waals surface area contributed by atoms with Crippen LogP contribution in [-0.4, -0.2) is 22.7 Å². The summed E-state index contributed by atoms with van der Waals surface area (Å²) in [5.74, 6) is -2.46. The monoisotopic (exact) mass is 491 g/mol. The molecule has 1 aromatic heterocycles. The van der Waals surface area contributed by atoms with Crippen LogP contribution >= 0.6 is 31.9 Å². The van der Waals surface area contributed by atoms with Gasteiger partial charge in [0.2, 0.25) is 0 Å². The highest BCUT2D eigenvalue weighted by Crippen LogP contribution is 2.50. The number of imide groups is 1. The average Bonchev–Trinajstić information content (AvgIpc) is 2.98. The molecule has 0 radical (unpaired) electrons. The minimum absolute atomic E-state index is 0.00231. The van der Waals surface area contributed by atoms with Gasteiger partial charge in [0.05, 0.1) is 21.3 Å². The Morgan fingerprint density at radius 3 is 2.50 bits per heavy atom. The van der Waals surface area contributed by atoms with Crippen molar-refractivity contribution >= 4 is 49.5 Å². The molecule has 8 nitrogen and oxygen atoms in total. The van der Waals surface area contributed by atoms with Gasteiger partial charge >= 0.3 is 6.29 Å². The summed E-state index contributed by atoms with van der Waals surface area (Å²) in [5, 5.41) is 2.03. The Morgan fingerprint density at radius 2 is 1.81 bits per heavy atom. The molecular weight excluding hydrogens is 488 g/mol. The molecule has 4 rings (SSSR count). The van der Waals surface area contributed by atoms with Crippen molar-refractivity contribution in [2.75, 3.05) is 5.73 Å². The van der Waals surface area contributed by atoms with Gasteiger partial charge in [-0.25, -0.2) is 0 Å². The quantitative estimate of drug-likeness (QED) is 0.590. The lowest BCUT2D eigenvalue weighted by Gasteiger charge is -2.16. The molecule has 0 fully saturated rings. The number of hydrogen-bond acceptors (Lipinski definition) is 6. The number of pyridine rings is 1. The van der Waals surface area contributed by atoms with E-state index in [9.17, 15) is 23.2 Å². The number of nitrogens with two attached hydrogens (primary N) is 1. The first-order valence-corrected chi connectivity index (χ1v) is 8.38. The molecule has 0 spiro atoms. The number of anilines is 1. The molecule has 3 N–H and O–H groups in total. The molecule has 134 valence electrons. The first-order chi connectivity index (χ1) is 12.1. The Labute approximate surface area is 159 Å². The van der Waals surface area contributed by atoms with E-state index >= 15 is 0 Å². The maximum Gasteiger partial charge on any atom is 0.586 e. The van der Waals surface area contributed by atoms with Gasteiger partial charge in [0.1, 0.15) is 5.82 Å². The van der Waals surface area contributed by atoms with Gasteiger partial charge in [-0.15, -0.1) is 8.78 Å². The number of ether oxygens (including phenoxy) is 2. The number of hydrogen-bond donors (Lipinski definition) is 2. The lowest BCUT2D eigenvalue weighted by Crippen LogP contribution is -2.26. The van der Waals surface area contributed by atoms with E-state index in [0.717, 1.165) is 10.6 Å². The van der Waals surface area contributed by atoms with Crippen LogP contribution < -0.4 is 26.1 Å². The van der Waals surface area contributed by atoms with Gasteiger partial charge in [0.25, 0.3) is 17.4 Å². The third-order valence-corrected chi connectivity index (χ3v) is 5.08. The van der Waals surface area contributed by atoms with Crippen LogP contribution in [0.2, 0.25) is 0 Å². The van der Waals surface area contributed by atoms with Crippen LogP contribution in [0.1, 0.15) is 20.7 Å². The fourth-order valence-electron chi connectivity index (χ4n) is 2.72. The SMILES string of the molecule is Nc1c2c(cc(=O)n1-c1c(Br)cc3c(c1Br)OC(F)(F)O3)C(=O)NC2=O. The number of alkyl halides is 2. The molecule has 0 saturated carbocycles. The van der Waals surface area contributed by atoms with Crippen LogP contribution in [0.4, 0.5) is 14.6 Å². The number of rotatable bonds is 1. The molecule has 12 heteroatoms. The average molecular weight is 493 g/mol. The van der Waals surface area contributed by atoms with E-state index in [-0.39, 0.29) is 43.1 Å². The lowest BCUT2D eigenvalue weighted by molar-refractivity contribution is -0.286. The van der Waals surface area contributed by atoms with Gasteiger partial charge in [0, 0.05) is 16.6 Å². The highest BCUT2D eigenvalue weighted by Gasteiger charge is 2.45. The fourth-order valence-corrected chi connectivity index (χ4v) is 4.24. The number of benzene rings is 1. The fraction of sp³-hybridized carbons (Fsp3) is 0.0714. The molecule has 0 unspecified atom stereocenters. The van der Waals surface area contributed by atoms with Crippen molar-refractivity contribution in [2.24, 2.45) is 0 Å². The smallest absolute Gasteiger partial charge is 0.395 e. The van der Waals surface area contributed by atoms with Crippen molar-refractivity contribution < 1.29 is 27.8 Å². The van der Waals surface area contributed by atoms with Crippen LogP contribution in [0.3, 0.4) is 0 Å². The summed E-state index contributed by atoms with van der Waals surface area (Å²) in [5.41, 5.74) is 4.85. The molecule has 26 heavy (non-hydrogen) atoms. The molecule has 2 aromatic rings. The number of nitrogens with zero attached hydrogens (tertiary/aromatic N) is 1. The Morgan fingerprint density at radius 1 is 1.12 bits per heavy atom. The van der Waals surface area contributed by atoms with Crippen molar-refractivity contribution in [1.29, 1.82) is 0 Å². The number of amides is 2. The zero-order valence-corrected chi connectivity index (χ0v) is 15.4. The van der Waals surface area contributed by atoms with Gasteiger partial charge in [-0.05, 0) is 31.9 Å². The van der Waals surface area contributed by atoms with E-state index in [2.05, 4.69) is 41.3 Å². The first kappa shape index (κ1) is 17.0. The van der Waals surface area contributed by atoms with E-state index in [1.807, 2.05) is 5.32 Å². The zero-order chi connectivity index (χ0) is 19.0. The van der Waals surface area contributed by atoms with Gasteiger partial charge < -0.3 is 15.2 Å². The number of nitrogen functional groups attached to an aromatic ring is 1. The summed E-state index contributed by atoms with van der Waals surface area (Å²) >= 11 is 6.25. The molecule has 2 aliphatic heterocycles. The van der Waals surface area contributed by atoms with Crippen LogP contribution in [0.5, 0.6) is 11.5 Å². The van der Waals surface area contributed by atoms with E-state index in [1.165, 1.54) is 6.07 Å². The topological polar surface area (TPSA) is 113 Å². The Kier molecular flexibility index (Phi) is 3.44. The highest BCUT2D eigenvalue weighted by molar-refractivity contribution is 9.11. The third kappa shape index (κ3) is 2.25. The summed E-state index contributed by atoms with van der Waals surface area (Å²) in [6, 6.07) is 2.10. The Hall–Kier alpha value is -2.47. The maximum atomic E-state index is 13.4. The van der Waals surface area contributed by atoms with E-state index in [4.69, 9.17) is 5.73 Å². The summed E-state index contributed by atoms with van der Waals surface area (Å²) < 4.78 is 36.5. The minimum atomic E-state index is -3.87. The molecule has 0 aliphatic carbocycles. The number of carbonyl (C=O) groups is 2. The zero-order valence-electron chi connectivity index (χ0n) is 12.2. The van der Waals surface area contributed by atoms with Crippen molar-refractivity contribution in [1.82, 2.24) is 9.88 Å². The van der Waals surface area contributed by atoms with Crippen LogP contribution in [0.15, 0.2) is 25.9 Å². The summed E-state index contributed by atoms with van der Waals surface area (Å²) in [7, 11) is 0. The minimum Gasteiger partial charge on any atom is -0.395 e. The molecule has 2 amide bonds. The van der Waals surface area contributed by atoms with Crippen LogP contribution in [0.25, 0.3) is 5.69 Å². The second-order valence-electron chi connectivity index (χ2n) is 5.29. The Bertz CT molecular complexity index is 1100. The lowest BCUT2D eigenvalue weighted by atomic mass is 10.1. The van der Waals surface area contributed by atoms with Gasteiger partial charge in [0.15, 0.2) is 11.5 Å².